The molecule has 0 aliphatic rings. The topological polar surface area (TPSA) is 26.0 Å². The van der Waals surface area contributed by atoms with E-state index in [0.717, 1.165) is 18.4 Å². The smallest absolute Gasteiger partial charge is 0.126 e. The molecule has 1 aromatic rings. The third-order valence-electron chi connectivity index (χ3n) is 3.23. The van der Waals surface area contributed by atoms with E-state index in [-0.39, 0.29) is 11.9 Å². The van der Waals surface area contributed by atoms with Crippen LogP contribution >= 0.6 is 0 Å². The molecule has 0 saturated heterocycles. The van der Waals surface area contributed by atoms with Crippen molar-refractivity contribution < 1.29 is 4.39 Å². The second-order valence-electron chi connectivity index (χ2n) is 6.72. The van der Waals surface area contributed by atoms with Gasteiger partial charge in [0.05, 0.1) is 0 Å². The summed E-state index contributed by atoms with van der Waals surface area (Å²) in [5.74, 6) is 0.416. The van der Waals surface area contributed by atoms with Crippen LogP contribution in [0.4, 0.5) is 4.39 Å². The number of nitrogens with two attached hydrogens (primary N) is 1. The van der Waals surface area contributed by atoms with Gasteiger partial charge in [-0.3, -0.25) is 0 Å². The molecule has 2 heteroatoms. The quantitative estimate of drug-likeness (QED) is 0.831. The molecular formula is C16H26FN. The van der Waals surface area contributed by atoms with E-state index < -0.39 is 0 Å². The lowest BCUT2D eigenvalue weighted by Gasteiger charge is -2.25. The van der Waals surface area contributed by atoms with E-state index in [9.17, 15) is 4.39 Å². The first-order valence-electron chi connectivity index (χ1n) is 6.70. The molecule has 102 valence electrons. The molecule has 0 aliphatic carbocycles. The van der Waals surface area contributed by atoms with Gasteiger partial charge in [0.1, 0.15) is 5.82 Å². The standard InChI is InChI=1S/C16H26FN/c1-11(10-16(3,4)5)8-15(18)13-6-7-14(17)12(2)9-13/h6-7,9,11,15H,8,10,18H2,1-5H3. The van der Waals surface area contributed by atoms with Gasteiger partial charge in [-0.2, -0.15) is 0 Å². The van der Waals surface area contributed by atoms with Crippen molar-refractivity contribution in [1.29, 1.82) is 0 Å². The first-order valence-corrected chi connectivity index (χ1v) is 6.70. The number of benzene rings is 1. The van der Waals surface area contributed by atoms with Crippen LogP contribution in [0.3, 0.4) is 0 Å². The third kappa shape index (κ3) is 4.77. The van der Waals surface area contributed by atoms with E-state index in [4.69, 9.17) is 5.73 Å². The molecule has 0 heterocycles. The van der Waals surface area contributed by atoms with Crippen LogP contribution in [0.5, 0.6) is 0 Å². The Hall–Kier alpha value is -0.890. The molecule has 2 N–H and O–H groups in total. The predicted molar refractivity (Wildman–Crippen MR) is 75.9 cm³/mol. The summed E-state index contributed by atoms with van der Waals surface area (Å²) < 4.78 is 13.2. The number of hydrogen-bond acceptors (Lipinski definition) is 1. The van der Waals surface area contributed by atoms with E-state index in [0.29, 0.717) is 16.9 Å². The van der Waals surface area contributed by atoms with E-state index in [1.165, 1.54) is 6.07 Å². The van der Waals surface area contributed by atoms with Gasteiger partial charge < -0.3 is 5.73 Å². The van der Waals surface area contributed by atoms with Gasteiger partial charge in [0.2, 0.25) is 0 Å². The fraction of sp³-hybridized carbons (Fsp3) is 0.625. The van der Waals surface area contributed by atoms with Crippen LogP contribution in [0.2, 0.25) is 0 Å². The van der Waals surface area contributed by atoms with Crippen LogP contribution in [0, 0.1) is 24.1 Å². The molecule has 0 saturated carbocycles. The zero-order valence-electron chi connectivity index (χ0n) is 12.3. The molecule has 0 aromatic heterocycles. The zero-order chi connectivity index (χ0) is 13.9. The summed E-state index contributed by atoms with van der Waals surface area (Å²) in [4.78, 5) is 0. The summed E-state index contributed by atoms with van der Waals surface area (Å²) in [6, 6.07) is 5.18. The van der Waals surface area contributed by atoms with Gasteiger partial charge in [0.25, 0.3) is 0 Å². The molecule has 2 atom stereocenters. The summed E-state index contributed by atoms with van der Waals surface area (Å²) >= 11 is 0. The van der Waals surface area contributed by atoms with Gasteiger partial charge in [-0.1, -0.05) is 39.8 Å². The van der Waals surface area contributed by atoms with Crippen molar-refractivity contribution in [2.45, 2.75) is 53.5 Å². The Kier molecular flexibility index (Phi) is 4.92. The molecule has 1 rings (SSSR count). The number of aryl methyl sites for hydroxylation is 1. The van der Waals surface area contributed by atoms with Crippen molar-refractivity contribution in [1.82, 2.24) is 0 Å². The van der Waals surface area contributed by atoms with Crippen LogP contribution in [0.25, 0.3) is 0 Å². The molecule has 0 spiro atoms. The van der Waals surface area contributed by atoms with Gasteiger partial charge in [-0.05, 0) is 48.3 Å². The maximum atomic E-state index is 13.2. The van der Waals surface area contributed by atoms with Crippen LogP contribution in [-0.4, -0.2) is 0 Å². The monoisotopic (exact) mass is 251 g/mol. The summed E-state index contributed by atoms with van der Waals surface area (Å²) in [6.45, 7) is 10.8. The van der Waals surface area contributed by atoms with Gasteiger partial charge in [0, 0.05) is 6.04 Å². The maximum Gasteiger partial charge on any atom is 0.126 e. The molecule has 0 amide bonds. The van der Waals surface area contributed by atoms with Crippen molar-refractivity contribution in [2.24, 2.45) is 17.1 Å². The first-order chi connectivity index (χ1) is 8.19. The number of rotatable bonds is 4. The van der Waals surface area contributed by atoms with Gasteiger partial charge in [-0.15, -0.1) is 0 Å². The minimum Gasteiger partial charge on any atom is -0.324 e. The van der Waals surface area contributed by atoms with E-state index >= 15 is 0 Å². The molecule has 0 aliphatic heterocycles. The SMILES string of the molecule is Cc1cc(C(N)CC(C)CC(C)(C)C)ccc1F. The minimum absolute atomic E-state index is 0.00153. The Morgan fingerprint density at radius 2 is 1.89 bits per heavy atom. The zero-order valence-corrected chi connectivity index (χ0v) is 12.3. The van der Waals surface area contributed by atoms with E-state index in [2.05, 4.69) is 27.7 Å². The third-order valence-corrected chi connectivity index (χ3v) is 3.23. The largest absolute Gasteiger partial charge is 0.324 e. The summed E-state index contributed by atoms with van der Waals surface area (Å²) in [5.41, 5.74) is 8.25. The fourth-order valence-electron chi connectivity index (χ4n) is 2.60. The highest BCUT2D eigenvalue weighted by Crippen LogP contribution is 2.29. The fourth-order valence-corrected chi connectivity index (χ4v) is 2.60. The van der Waals surface area contributed by atoms with Gasteiger partial charge in [0.15, 0.2) is 0 Å². The van der Waals surface area contributed by atoms with Crippen LogP contribution in [0.15, 0.2) is 18.2 Å². The average Bonchev–Trinajstić information content (AvgIpc) is 2.18. The highest BCUT2D eigenvalue weighted by molar-refractivity contribution is 5.26. The van der Waals surface area contributed by atoms with Crippen LogP contribution in [0.1, 0.15) is 57.7 Å². The highest BCUT2D eigenvalue weighted by Gasteiger charge is 2.18. The van der Waals surface area contributed by atoms with Crippen LogP contribution in [-0.2, 0) is 0 Å². The van der Waals surface area contributed by atoms with Gasteiger partial charge in [-0.25, -0.2) is 4.39 Å². The highest BCUT2D eigenvalue weighted by atomic mass is 19.1. The Morgan fingerprint density at radius 1 is 1.28 bits per heavy atom. The number of halogens is 1. The Bertz CT molecular complexity index is 393. The van der Waals surface area contributed by atoms with Crippen molar-refractivity contribution in [3.8, 4) is 0 Å². The lowest BCUT2D eigenvalue weighted by molar-refractivity contribution is 0.286. The van der Waals surface area contributed by atoms with Crippen LogP contribution < -0.4 is 5.73 Å². The normalized spacial score (nSPS) is 15.5. The second kappa shape index (κ2) is 5.83. The van der Waals surface area contributed by atoms with Crippen molar-refractivity contribution >= 4 is 0 Å². The lowest BCUT2D eigenvalue weighted by Crippen LogP contribution is -2.18. The summed E-state index contributed by atoms with van der Waals surface area (Å²) in [7, 11) is 0. The van der Waals surface area contributed by atoms with Gasteiger partial charge >= 0.3 is 0 Å². The summed E-state index contributed by atoms with van der Waals surface area (Å²) in [5, 5.41) is 0. The summed E-state index contributed by atoms with van der Waals surface area (Å²) in [6.07, 6.45) is 2.10. The molecule has 2 unspecified atom stereocenters. The number of hydrogen-bond donors (Lipinski definition) is 1. The predicted octanol–water partition coefficient (Wildman–Crippen LogP) is 4.60. The second-order valence-corrected chi connectivity index (χ2v) is 6.72. The van der Waals surface area contributed by atoms with Crippen molar-refractivity contribution in [3.63, 3.8) is 0 Å². The Morgan fingerprint density at radius 3 is 2.39 bits per heavy atom. The van der Waals surface area contributed by atoms with Crippen molar-refractivity contribution in [2.75, 3.05) is 0 Å². The Labute approximate surface area is 111 Å². The lowest BCUT2D eigenvalue weighted by atomic mass is 9.82. The van der Waals surface area contributed by atoms with E-state index in [1.807, 2.05) is 6.07 Å². The molecule has 0 radical (unpaired) electrons. The first kappa shape index (κ1) is 15.2. The molecule has 0 bridgehead atoms. The molecule has 1 aromatic carbocycles. The van der Waals surface area contributed by atoms with E-state index in [1.54, 1.807) is 13.0 Å². The minimum atomic E-state index is -0.159. The molecule has 1 nitrogen and oxygen atoms in total. The molecule has 18 heavy (non-hydrogen) atoms. The molecular weight excluding hydrogens is 225 g/mol. The van der Waals surface area contributed by atoms with Crippen molar-refractivity contribution in [3.05, 3.63) is 35.1 Å². The maximum absolute atomic E-state index is 13.2. The Balaban J connectivity index is 2.64. The average molecular weight is 251 g/mol. The molecule has 0 fully saturated rings.